The van der Waals surface area contributed by atoms with Crippen molar-refractivity contribution in [2.75, 3.05) is 11.4 Å². The van der Waals surface area contributed by atoms with Crippen LogP contribution in [0.25, 0.3) is 16.3 Å². The van der Waals surface area contributed by atoms with Crippen LogP contribution in [0.1, 0.15) is 89.1 Å². The SMILES string of the molecule is CCCN1\C(=C/C=C/C=C/c2sc3cc(S(=O)(=O)O)ccc3[n+]2CCC)C(C)(CCCCCC(=O)ON2C(=O)CCC2=O)c2ccccc21. The molecule has 2 aliphatic heterocycles. The van der Waals surface area contributed by atoms with E-state index in [4.69, 9.17) is 4.84 Å². The van der Waals surface area contributed by atoms with Gasteiger partial charge in [-0.2, -0.15) is 13.0 Å². The van der Waals surface area contributed by atoms with Gasteiger partial charge in [0.1, 0.15) is 11.2 Å². The maximum absolute atomic E-state index is 12.3. The first-order valence-electron chi connectivity index (χ1n) is 16.9. The number of nitrogens with zero attached hydrogens (tertiary/aromatic N) is 3. The maximum Gasteiger partial charge on any atom is 0.333 e. The zero-order valence-electron chi connectivity index (χ0n) is 28.3. The van der Waals surface area contributed by atoms with Crippen LogP contribution < -0.4 is 9.47 Å². The van der Waals surface area contributed by atoms with E-state index in [1.165, 1.54) is 40.4 Å². The van der Waals surface area contributed by atoms with E-state index in [0.29, 0.717) is 11.5 Å². The third-order valence-corrected chi connectivity index (χ3v) is 11.0. The highest BCUT2D eigenvalue weighted by Crippen LogP contribution is 2.50. The van der Waals surface area contributed by atoms with E-state index in [9.17, 15) is 27.4 Å². The Labute approximate surface area is 292 Å². The van der Waals surface area contributed by atoms with Crippen LogP contribution in [0.4, 0.5) is 5.69 Å². The van der Waals surface area contributed by atoms with Crippen LogP contribution in [-0.4, -0.2) is 42.4 Å². The third-order valence-electron chi connectivity index (χ3n) is 9.01. The quantitative estimate of drug-likeness (QED) is 0.0587. The van der Waals surface area contributed by atoms with Crippen LogP contribution in [0, 0.1) is 0 Å². The molecule has 12 heteroatoms. The summed E-state index contributed by atoms with van der Waals surface area (Å²) in [5.74, 6) is -1.50. The molecule has 0 aliphatic carbocycles. The number of para-hydroxylation sites is 1. The second-order valence-electron chi connectivity index (χ2n) is 12.6. The minimum atomic E-state index is -4.28. The van der Waals surface area contributed by atoms with E-state index in [2.05, 4.69) is 66.7 Å². The number of anilines is 1. The standard InChI is InChI=1S/C37H43N3O7S2/c1-4-24-38-29-15-12-11-14-28(29)37(3,23-13-7-10-18-36(43)47-40-33(41)21-22-34(40)42)32(38)16-8-6-9-17-35-39(25-5-2)30-20-19-27(49(44,45)46)26-31(30)48-35/h6,8-9,11-12,14-17,19-20,26H,4-5,7,10,13,18,21-25H2,1-3H3/p+1. The largest absolute Gasteiger partial charge is 0.344 e. The lowest BCUT2D eigenvalue weighted by molar-refractivity contribution is -0.668. The van der Waals surface area contributed by atoms with Gasteiger partial charge < -0.3 is 9.74 Å². The molecule has 2 aromatic carbocycles. The molecule has 3 aromatic rings. The maximum atomic E-state index is 12.3. The topological polar surface area (TPSA) is 125 Å². The number of carbonyl (C=O) groups excluding carboxylic acids is 3. The number of thiazole rings is 1. The highest BCUT2D eigenvalue weighted by molar-refractivity contribution is 7.85. The Hall–Kier alpha value is -4.13. The molecule has 0 radical (unpaired) electrons. The number of aromatic nitrogens is 1. The minimum Gasteiger partial charge on any atom is -0.344 e. The van der Waals surface area contributed by atoms with Gasteiger partial charge in [0, 0.05) is 61.2 Å². The van der Waals surface area contributed by atoms with Crippen LogP contribution >= 0.6 is 11.3 Å². The van der Waals surface area contributed by atoms with Crippen molar-refractivity contribution in [3.05, 3.63) is 83.0 Å². The van der Waals surface area contributed by atoms with Gasteiger partial charge in [0.15, 0.2) is 0 Å². The van der Waals surface area contributed by atoms with Crippen molar-refractivity contribution in [1.29, 1.82) is 0 Å². The molecule has 49 heavy (non-hydrogen) atoms. The Morgan fingerprint density at radius 3 is 2.49 bits per heavy atom. The van der Waals surface area contributed by atoms with Crippen LogP contribution in [0.15, 0.2) is 77.4 Å². The first kappa shape index (κ1) is 36.2. The predicted octanol–water partition coefficient (Wildman–Crippen LogP) is 7.04. The number of aryl methyl sites for hydroxylation is 1. The van der Waals surface area contributed by atoms with Gasteiger partial charge in [-0.15, -0.1) is 5.06 Å². The van der Waals surface area contributed by atoms with E-state index in [-0.39, 0.29) is 29.6 Å². The molecule has 1 N–H and O–H groups in total. The number of unbranched alkanes of at least 4 members (excludes halogenated alkanes) is 2. The summed E-state index contributed by atoms with van der Waals surface area (Å²) in [4.78, 5) is 43.1. The molecule has 5 rings (SSSR count). The average Bonchev–Trinajstić information content (AvgIpc) is 3.66. The highest BCUT2D eigenvalue weighted by Gasteiger charge is 2.42. The molecule has 1 fully saturated rings. The Kier molecular flexibility index (Phi) is 11.5. The molecular formula is C37H44N3O7S2+. The normalized spacial score (nSPS) is 19.0. The Balaban J connectivity index is 1.30. The average molecular weight is 707 g/mol. The van der Waals surface area contributed by atoms with Crippen molar-refractivity contribution in [1.82, 2.24) is 5.06 Å². The van der Waals surface area contributed by atoms with Crippen LogP contribution in [-0.2, 0) is 41.3 Å². The predicted molar refractivity (Wildman–Crippen MR) is 190 cm³/mol. The van der Waals surface area contributed by atoms with Crippen molar-refractivity contribution in [3.8, 4) is 0 Å². The van der Waals surface area contributed by atoms with Gasteiger partial charge in [0.05, 0.1) is 4.90 Å². The number of hydroxylamine groups is 2. The van der Waals surface area contributed by atoms with Crippen molar-refractivity contribution >= 4 is 61.2 Å². The van der Waals surface area contributed by atoms with Gasteiger partial charge in [-0.1, -0.05) is 74.5 Å². The summed E-state index contributed by atoms with van der Waals surface area (Å²) in [6.07, 6.45) is 15.6. The number of allylic oxidation sites excluding steroid dienone is 5. The fraction of sp³-hybridized carbons (Fsp3) is 0.405. The molecule has 0 bridgehead atoms. The molecule has 1 aromatic heterocycles. The molecule has 1 unspecified atom stereocenters. The first-order chi connectivity index (χ1) is 23.5. The van der Waals surface area contributed by atoms with Crippen molar-refractivity contribution in [2.24, 2.45) is 0 Å². The zero-order chi connectivity index (χ0) is 35.2. The fourth-order valence-electron chi connectivity index (χ4n) is 6.65. The third kappa shape index (κ3) is 8.03. The number of amides is 2. The smallest absolute Gasteiger partial charge is 0.333 e. The number of fused-ring (bicyclic) bond motifs is 2. The van der Waals surface area contributed by atoms with Gasteiger partial charge in [-0.3, -0.25) is 14.1 Å². The lowest BCUT2D eigenvalue weighted by Gasteiger charge is -2.30. The Morgan fingerprint density at radius 2 is 1.78 bits per heavy atom. The van der Waals surface area contributed by atoms with Gasteiger partial charge in [0.25, 0.3) is 26.9 Å². The molecule has 2 aliphatic rings. The monoisotopic (exact) mass is 706 g/mol. The van der Waals surface area contributed by atoms with Gasteiger partial charge in [0.2, 0.25) is 5.52 Å². The van der Waals surface area contributed by atoms with Crippen molar-refractivity contribution < 1.29 is 36.8 Å². The van der Waals surface area contributed by atoms with Crippen LogP contribution in [0.3, 0.4) is 0 Å². The number of imide groups is 1. The molecule has 1 saturated heterocycles. The first-order valence-corrected chi connectivity index (χ1v) is 19.2. The lowest BCUT2D eigenvalue weighted by atomic mass is 9.77. The van der Waals surface area contributed by atoms with Gasteiger partial charge in [-0.05, 0) is 56.0 Å². The minimum absolute atomic E-state index is 0.0795. The van der Waals surface area contributed by atoms with Gasteiger partial charge in [-0.25, -0.2) is 4.79 Å². The summed E-state index contributed by atoms with van der Waals surface area (Å²) in [6.45, 7) is 8.21. The number of rotatable bonds is 15. The Bertz CT molecular complexity index is 1910. The summed E-state index contributed by atoms with van der Waals surface area (Å²) >= 11 is 1.48. The second-order valence-corrected chi connectivity index (χ2v) is 15.1. The molecule has 3 heterocycles. The van der Waals surface area contributed by atoms with E-state index in [1.807, 2.05) is 18.2 Å². The van der Waals surface area contributed by atoms with E-state index < -0.39 is 27.9 Å². The second kappa shape index (κ2) is 15.6. The zero-order valence-corrected chi connectivity index (χ0v) is 29.9. The van der Waals surface area contributed by atoms with Crippen LogP contribution in [0.5, 0.6) is 0 Å². The van der Waals surface area contributed by atoms with E-state index in [0.717, 1.165) is 60.4 Å². The molecule has 2 amide bonds. The van der Waals surface area contributed by atoms with Crippen molar-refractivity contribution in [3.63, 3.8) is 0 Å². The highest BCUT2D eigenvalue weighted by atomic mass is 32.2. The van der Waals surface area contributed by atoms with E-state index in [1.54, 1.807) is 6.07 Å². The molecule has 0 spiro atoms. The molecule has 260 valence electrons. The molecule has 0 saturated carbocycles. The summed E-state index contributed by atoms with van der Waals surface area (Å²) in [5, 5.41) is 1.59. The van der Waals surface area contributed by atoms with E-state index >= 15 is 0 Å². The number of hydrogen-bond donors (Lipinski definition) is 1. The lowest BCUT2D eigenvalue weighted by Crippen LogP contribution is -2.34. The molecular weight excluding hydrogens is 663 g/mol. The summed E-state index contributed by atoms with van der Waals surface area (Å²) in [6, 6.07) is 13.2. The molecule has 10 nitrogen and oxygen atoms in total. The fourth-order valence-corrected chi connectivity index (χ4v) is 8.37. The Morgan fingerprint density at radius 1 is 1.02 bits per heavy atom. The van der Waals surface area contributed by atoms with Gasteiger partial charge >= 0.3 is 5.97 Å². The summed E-state index contributed by atoms with van der Waals surface area (Å²) in [5.41, 5.74) is 4.38. The van der Waals surface area contributed by atoms with Crippen molar-refractivity contribution in [2.45, 2.75) is 95.4 Å². The number of hydrogen-bond acceptors (Lipinski definition) is 8. The summed E-state index contributed by atoms with van der Waals surface area (Å²) in [7, 11) is -4.28. The summed E-state index contributed by atoms with van der Waals surface area (Å²) < 4.78 is 35.9. The number of carbonyl (C=O) groups is 3. The molecule has 1 atom stereocenters. The van der Waals surface area contributed by atoms with Crippen LogP contribution in [0.2, 0.25) is 0 Å². The number of benzene rings is 2.